The van der Waals surface area contributed by atoms with Crippen LogP contribution < -0.4 is 15.4 Å². The van der Waals surface area contributed by atoms with Crippen molar-refractivity contribution in [3.8, 4) is 5.75 Å². The number of carbonyl (C=O) groups excluding carboxylic acids is 2. The van der Waals surface area contributed by atoms with Gasteiger partial charge in [-0.1, -0.05) is 15.9 Å². The van der Waals surface area contributed by atoms with Crippen molar-refractivity contribution in [2.24, 2.45) is 0 Å². The molecule has 162 valence electrons. The van der Waals surface area contributed by atoms with Crippen molar-refractivity contribution in [2.75, 3.05) is 19.7 Å². The molecule has 0 heterocycles. The van der Waals surface area contributed by atoms with Crippen molar-refractivity contribution < 1.29 is 32.6 Å². The summed E-state index contributed by atoms with van der Waals surface area (Å²) in [5, 5.41) is 14.9. The summed E-state index contributed by atoms with van der Waals surface area (Å²) in [6, 6.07) is 10.8. The third-order valence-electron chi connectivity index (χ3n) is 3.90. The van der Waals surface area contributed by atoms with E-state index in [-0.39, 0.29) is 43.7 Å². The van der Waals surface area contributed by atoms with E-state index in [0.29, 0.717) is 5.56 Å². The fraction of sp³-hybridized carbons (Fsp3) is 0.300. The lowest BCUT2D eigenvalue weighted by Gasteiger charge is -2.14. The molecule has 10 heteroatoms. The molecule has 6 nitrogen and oxygen atoms in total. The van der Waals surface area contributed by atoms with Crippen LogP contribution in [0.5, 0.6) is 5.75 Å². The van der Waals surface area contributed by atoms with E-state index in [2.05, 4.69) is 26.6 Å². The number of hydrogen-bond acceptors (Lipinski definition) is 4. The van der Waals surface area contributed by atoms with Crippen LogP contribution in [0.4, 0.5) is 13.2 Å². The van der Waals surface area contributed by atoms with Crippen LogP contribution in [-0.4, -0.2) is 42.7 Å². The lowest BCUT2D eigenvalue weighted by Crippen LogP contribution is -2.37. The minimum Gasteiger partial charge on any atom is -0.491 e. The second kappa shape index (κ2) is 11.0. The first kappa shape index (κ1) is 23.7. The first-order valence-electron chi connectivity index (χ1n) is 8.94. The fourth-order valence-corrected chi connectivity index (χ4v) is 2.57. The molecule has 1 unspecified atom stereocenters. The number of amides is 2. The van der Waals surface area contributed by atoms with Gasteiger partial charge in [-0.25, -0.2) is 0 Å². The smallest absolute Gasteiger partial charge is 0.416 e. The van der Waals surface area contributed by atoms with Crippen molar-refractivity contribution in [3.05, 3.63) is 64.1 Å². The number of aliphatic hydroxyl groups is 1. The Hall–Kier alpha value is -2.59. The second-order valence-electron chi connectivity index (χ2n) is 6.30. The number of benzene rings is 2. The molecule has 0 aliphatic carbocycles. The molecule has 0 aromatic heterocycles. The highest BCUT2D eigenvalue weighted by Crippen LogP contribution is 2.30. The summed E-state index contributed by atoms with van der Waals surface area (Å²) in [7, 11) is 0. The van der Waals surface area contributed by atoms with Gasteiger partial charge in [-0.2, -0.15) is 13.2 Å². The number of halogens is 4. The molecule has 0 aliphatic heterocycles. The predicted molar refractivity (Wildman–Crippen MR) is 107 cm³/mol. The summed E-state index contributed by atoms with van der Waals surface area (Å²) in [6.07, 6.45) is -5.46. The summed E-state index contributed by atoms with van der Waals surface area (Å²) in [5.41, 5.74) is -0.329. The maximum atomic E-state index is 12.5. The standard InChI is InChI=1S/C20H20BrF3N2O4/c21-15-5-1-13(2-6-15)19(29)25-10-9-18(28)26-11-16(27)12-30-17-7-3-14(4-8-17)20(22,23)24/h1-8,16,27H,9-12H2,(H,25,29)(H,26,28). The van der Waals surface area contributed by atoms with Gasteiger partial charge in [0.15, 0.2) is 0 Å². The molecule has 2 amide bonds. The van der Waals surface area contributed by atoms with E-state index in [0.717, 1.165) is 28.7 Å². The summed E-state index contributed by atoms with van der Waals surface area (Å²) in [4.78, 5) is 23.7. The largest absolute Gasteiger partial charge is 0.491 e. The first-order valence-corrected chi connectivity index (χ1v) is 9.73. The van der Waals surface area contributed by atoms with Gasteiger partial charge in [0.1, 0.15) is 18.5 Å². The zero-order valence-electron chi connectivity index (χ0n) is 15.7. The summed E-state index contributed by atoms with van der Waals surface area (Å²) in [6.45, 7) is -0.176. The van der Waals surface area contributed by atoms with Gasteiger partial charge in [-0.3, -0.25) is 9.59 Å². The third-order valence-corrected chi connectivity index (χ3v) is 4.43. The van der Waals surface area contributed by atoms with E-state index in [1.54, 1.807) is 24.3 Å². The molecule has 3 N–H and O–H groups in total. The molecule has 0 fully saturated rings. The zero-order valence-corrected chi connectivity index (χ0v) is 17.3. The normalized spacial score (nSPS) is 12.2. The Morgan fingerprint density at radius 3 is 2.27 bits per heavy atom. The molecule has 0 radical (unpaired) electrons. The van der Waals surface area contributed by atoms with Crippen LogP contribution in [0.25, 0.3) is 0 Å². The summed E-state index contributed by atoms with van der Waals surface area (Å²) >= 11 is 3.27. The lowest BCUT2D eigenvalue weighted by molar-refractivity contribution is -0.137. The molecule has 30 heavy (non-hydrogen) atoms. The highest BCUT2D eigenvalue weighted by atomic mass is 79.9. The van der Waals surface area contributed by atoms with Gasteiger partial charge < -0.3 is 20.5 Å². The number of hydrogen-bond donors (Lipinski definition) is 3. The number of aliphatic hydroxyl groups excluding tert-OH is 1. The van der Waals surface area contributed by atoms with Gasteiger partial charge in [-0.05, 0) is 48.5 Å². The number of ether oxygens (including phenoxy) is 1. The van der Waals surface area contributed by atoms with E-state index < -0.39 is 17.8 Å². The average Bonchev–Trinajstić information content (AvgIpc) is 2.70. The minimum absolute atomic E-state index is 0.0226. The second-order valence-corrected chi connectivity index (χ2v) is 7.22. The topological polar surface area (TPSA) is 87.7 Å². The Kier molecular flexibility index (Phi) is 8.67. The Bertz CT molecular complexity index is 843. The van der Waals surface area contributed by atoms with Crippen LogP contribution in [0.2, 0.25) is 0 Å². The van der Waals surface area contributed by atoms with Crippen LogP contribution in [0.1, 0.15) is 22.3 Å². The third kappa shape index (κ3) is 8.03. The molecule has 0 saturated heterocycles. The maximum absolute atomic E-state index is 12.5. The molecule has 2 rings (SSSR count). The summed E-state index contributed by atoms with van der Waals surface area (Å²) in [5.74, 6) is -0.510. The van der Waals surface area contributed by atoms with Crippen molar-refractivity contribution in [3.63, 3.8) is 0 Å². The molecule has 0 bridgehead atoms. The monoisotopic (exact) mass is 488 g/mol. The Morgan fingerprint density at radius 2 is 1.67 bits per heavy atom. The highest BCUT2D eigenvalue weighted by molar-refractivity contribution is 9.10. The Balaban J connectivity index is 1.63. The van der Waals surface area contributed by atoms with Gasteiger partial charge in [0, 0.05) is 29.5 Å². The van der Waals surface area contributed by atoms with Crippen molar-refractivity contribution in [2.45, 2.75) is 18.7 Å². The summed E-state index contributed by atoms with van der Waals surface area (Å²) < 4.78 is 43.5. The van der Waals surface area contributed by atoms with Crippen molar-refractivity contribution >= 4 is 27.7 Å². The van der Waals surface area contributed by atoms with Crippen LogP contribution in [0.15, 0.2) is 53.0 Å². The fourth-order valence-electron chi connectivity index (χ4n) is 2.30. The van der Waals surface area contributed by atoms with Gasteiger partial charge in [0.2, 0.25) is 5.91 Å². The average molecular weight is 489 g/mol. The molecular formula is C20H20BrF3N2O4. The van der Waals surface area contributed by atoms with Crippen LogP contribution in [0, 0.1) is 0 Å². The van der Waals surface area contributed by atoms with Crippen LogP contribution >= 0.6 is 15.9 Å². The van der Waals surface area contributed by atoms with E-state index in [1.165, 1.54) is 0 Å². The van der Waals surface area contributed by atoms with Gasteiger partial charge in [-0.15, -0.1) is 0 Å². The number of alkyl halides is 3. The number of carbonyl (C=O) groups is 2. The van der Waals surface area contributed by atoms with Gasteiger partial charge >= 0.3 is 6.18 Å². The van der Waals surface area contributed by atoms with Gasteiger partial charge in [0.25, 0.3) is 5.91 Å². The minimum atomic E-state index is -4.43. The van der Waals surface area contributed by atoms with E-state index >= 15 is 0 Å². The predicted octanol–water partition coefficient (Wildman–Crippen LogP) is 3.14. The van der Waals surface area contributed by atoms with E-state index in [4.69, 9.17) is 4.74 Å². The number of rotatable bonds is 9. The molecule has 0 aliphatic rings. The molecule has 0 saturated carbocycles. The molecule has 2 aromatic rings. The molecular weight excluding hydrogens is 469 g/mol. The molecule has 0 spiro atoms. The zero-order chi connectivity index (χ0) is 22.1. The Labute approximate surface area is 179 Å². The Morgan fingerprint density at radius 1 is 1.03 bits per heavy atom. The van der Waals surface area contributed by atoms with Crippen LogP contribution in [0.3, 0.4) is 0 Å². The van der Waals surface area contributed by atoms with Crippen LogP contribution in [-0.2, 0) is 11.0 Å². The number of nitrogens with one attached hydrogen (secondary N) is 2. The van der Waals surface area contributed by atoms with Crippen molar-refractivity contribution in [1.82, 2.24) is 10.6 Å². The first-order chi connectivity index (χ1) is 14.1. The molecule has 1 atom stereocenters. The van der Waals surface area contributed by atoms with E-state index in [1.807, 2.05) is 0 Å². The van der Waals surface area contributed by atoms with E-state index in [9.17, 15) is 27.9 Å². The van der Waals surface area contributed by atoms with Crippen molar-refractivity contribution in [1.29, 1.82) is 0 Å². The SMILES string of the molecule is O=C(CCNC(=O)c1ccc(Br)cc1)NCC(O)COc1ccc(C(F)(F)F)cc1. The lowest BCUT2D eigenvalue weighted by atomic mass is 10.2. The molecule has 2 aromatic carbocycles. The quantitative estimate of drug-likeness (QED) is 0.505. The highest BCUT2D eigenvalue weighted by Gasteiger charge is 2.30. The maximum Gasteiger partial charge on any atom is 0.416 e. The van der Waals surface area contributed by atoms with Gasteiger partial charge in [0.05, 0.1) is 5.56 Å².